The van der Waals surface area contributed by atoms with Crippen LogP contribution in [0.3, 0.4) is 0 Å². The van der Waals surface area contributed by atoms with Crippen LogP contribution in [0, 0.1) is 0 Å². The van der Waals surface area contributed by atoms with Crippen LogP contribution in [-0.4, -0.2) is 10.9 Å². The number of thiazole rings is 1. The van der Waals surface area contributed by atoms with Gasteiger partial charge < -0.3 is 5.73 Å². The molecule has 0 bridgehead atoms. The lowest BCUT2D eigenvalue weighted by molar-refractivity contribution is -0.117. The van der Waals surface area contributed by atoms with E-state index in [0.717, 1.165) is 26.4 Å². The molecule has 0 saturated heterocycles. The van der Waals surface area contributed by atoms with Crippen LogP contribution in [-0.2, 0) is 11.2 Å². The molecule has 0 radical (unpaired) electrons. The summed E-state index contributed by atoms with van der Waals surface area (Å²) >= 11 is 7.81. The second-order valence-corrected chi connectivity index (χ2v) is 5.87. The van der Waals surface area contributed by atoms with Crippen molar-refractivity contribution in [2.75, 3.05) is 0 Å². The molecule has 5 heteroatoms. The highest BCUT2D eigenvalue weighted by molar-refractivity contribution is 7.21. The maximum Gasteiger partial charge on any atom is 0.221 e. The largest absolute Gasteiger partial charge is 0.369 e. The Labute approximate surface area is 125 Å². The van der Waals surface area contributed by atoms with Crippen molar-refractivity contribution in [1.82, 2.24) is 4.98 Å². The molecule has 0 atom stereocenters. The molecule has 20 heavy (non-hydrogen) atoms. The molecule has 0 spiro atoms. The third-order valence-corrected chi connectivity index (χ3v) is 4.40. The number of para-hydroxylation sites is 1. The Bertz CT molecular complexity index is 764. The van der Waals surface area contributed by atoms with Crippen LogP contribution in [0.25, 0.3) is 20.8 Å². The third kappa shape index (κ3) is 2.53. The Kier molecular flexibility index (Phi) is 3.42. The van der Waals surface area contributed by atoms with Gasteiger partial charge in [0, 0.05) is 10.6 Å². The first-order valence-corrected chi connectivity index (χ1v) is 7.25. The molecule has 1 heterocycles. The highest BCUT2D eigenvalue weighted by Gasteiger charge is 2.09. The number of fused-ring (bicyclic) bond motifs is 1. The summed E-state index contributed by atoms with van der Waals surface area (Å²) in [5.74, 6) is -0.389. The normalized spacial score (nSPS) is 10.8. The van der Waals surface area contributed by atoms with Crippen LogP contribution in [0.1, 0.15) is 5.56 Å². The summed E-state index contributed by atoms with van der Waals surface area (Å²) in [6, 6.07) is 13.6. The van der Waals surface area contributed by atoms with Gasteiger partial charge in [-0.1, -0.05) is 35.9 Å². The minimum Gasteiger partial charge on any atom is -0.369 e. The molecule has 0 fully saturated rings. The predicted molar refractivity (Wildman–Crippen MR) is 83.0 cm³/mol. The Balaban J connectivity index is 2.01. The fourth-order valence-corrected chi connectivity index (χ4v) is 3.22. The van der Waals surface area contributed by atoms with Gasteiger partial charge in [-0.05, 0) is 23.8 Å². The molecule has 1 aromatic heterocycles. The molecule has 3 rings (SSSR count). The number of carbonyl (C=O) groups excluding carboxylic acids is 1. The highest BCUT2D eigenvalue weighted by atomic mass is 35.5. The average molecular weight is 303 g/mol. The molecular formula is C15H11ClN2OS. The summed E-state index contributed by atoms with van der Waals surface area (Å²) in [7, 11) is 0. The number of amides is 1. The fourth-order valence-electron chi connectivity index (χ4n) is 2.01. The summed E-state index contributed by atoms with van der Waals surface area (Å²) in [5.41, 5.74) is 7.85. The second kappa shape index (κ2) is 5.23. The lowest BCUT2D eigenvalue weighted by Crippen LogP contribution is -2.13. The van der Waals surface area contributed by atoms with Gasteiger partial charge in [-0.15, -0.1) is 11.3 Å². The summed E-state index contributed by atoms with van der Waals surface area (Å²) < 4.78 is 1.14. The summed E-state index contributed by atoms with van der Waals surface area (Å²) in [5, 5.41) is 1.46. The van der Waals surface area contributed by atoms with Crippen molar-refractivity contribution in [3.63, 3.8) is 0 Å². The van der Waals surface area contributed by atoms with Crippen molar-refractivity contribution >= 4 is 39.1 Å². The molecule has 3 nitrogen and oxygen atoms in total. The van der Waals surface area contributed by atoms with Gasteiger partial charge in [0.1, 0.15) is 5.01 Å². The van der Waals surface area contributed by atoms with E-state index in [1.165, 1.54) is 0 Å². The topological polar surface area (TPSA) is 56.0 Å². The number of benzene rings is 2. The molecular weight excluding hydrogens is 292 g/mol. The first-order valence-electron chi connectivity index (χ1n) is 6.06. The number of nitrogens with two attached hydrogens (primary N) is 1. The smallest absolute Gasteiger partial charge is 0.221 e. The van der Waals surface area contributed by atoms with Crippen molar-refractivity contribution in [3.05, 3.63) is 53.1 Å². The first kappa shape index (κ1) is 13.1. The van der Waals surface area contributed by atoms with Crippen molar-refractivity contribution in [2.24, 2.45) is 5.73 Å². The second-order valence-electron chi connectivity index (χ2n) is 4.44. The molecule has 0 unspecified atom stereocenters. The van der Waals surface area contributed by atoms with E-state index in [4.69, 9.17) is 17.3 Å². The molecule has 100 valence electrons. The molecule has 1 amide bonds. The van der Waals surface area contributed by atoms with E-state index in [1.807, 2.05) is 42.5 Å². The number of hydrogen-bond acceptors (Lipinski definition) is 3. The van der Waals surface area contributed by atoms with Crippen LogP contribution < -0.4 is 5.73 Å². The van der Waals surface area contributed by atoms with Crippen LogP contribution in [0.4, 0.5) is 0 Å². The fraction of sp³-hybridized carbons (Fsp3) is 0.0667. The summed E-state index contributed by atoms with van der Waals surface area (Å²) in [4.78, 5) is 15.5. The van der Waals surface area contributed by atoms with Crippen molar-refractivity contribution in [2.45, 2.75) is 6.42 Å². The third-order valence-electron chi connectivity index (χ3n) is 2.96. The number of aromatic nitrogens is 1. The van der Waals surface area contributed by atoms with Crippen LogP contribution >= 0.6 is 22.9 Å². The zero-order chi connectivity index (χ0) is 14.1. The van der Waals surface area contributed by atoms with E-state index < -0.39 is 0 Å². The minimum atomic E-state index is -0.389. The van der Waals surface area contributed by atoms with Gasteiger partial charge in [-0.25, -0.2) is 4.98 Å². The SMILES string of the molecule is NC(=O)Cc1ccc(-c2nc3ccccc3s2)cc1Cl. The molecule has 0 saturated carbocycles. The van der Waals surface area contributed by atoms with Crippen LogP contribution in [0.2, 0.25) is 5.02 Å². The Morgan fingerprint density at radius 1 is 1.25 bits per heavy atom. The van der Waals surface area contributed by atoms with Gasteiger partial charge in [0.15, 0.2) is 0 Å². The minimum absolute atomic E-state index is 0.152. The zero-order valence-electron chi connectivity index (χ0n) is 10.5. The van der Waals surface area contributed by atoms with Gasteiger partial charge in [0.05, 0.1) is 16.6 Å². The number of primary amides is 1. The zero-order valence-corrected chi connectivity index (χ0v) is 12.0. The molecule has 0 aliphatic heterocycles. The molecule has 2 aromatic carbocycles. The maximum absolute atomic E-state index is 10.9. The van der Waals surface area contributed by atoms with Gasteiger partial charge in [0.25, 0.3) is 0 Å². The van der Waals surface area contributed by atoms with Gasteiger partial charge in [0.2, 0.25) is 5.91 Å². The monoisotopic (exact) mass is 302 g/mol. The van der Waals surface area contributed by atoms with Crippen molar-refractivity contribution in [1.29, 1.82) is 0 Å². The summed E-state index contributed by atoms with van der Waals surface area (Å²) in [6.45, 7) is 0. The lowest BCUT2D eigenvalue weighted by atomic mass is 10.1. The number of halogens is 1. The van der Waals surface area contributed by atoms with Gasteiger partial charge in [-0.3, -0.25) is 4.79 Å². The Morgan fingerprint density at radius 3 is 2.75 bits per heavy atom. The van der Waals surface area contributed by atoms with Crippen LogP contribution in [0.15, 0.2) is 42.5 Å². The van der Waals surface area contributed by atoms with E-state index in [9.17, 15) is 4.79 Å². The first-order chi connectivity index (χ1) is 9.63. The molecule has 0 aliphatic carbocycles. The van der Waals surface area contributed by atoms with E-state index in [0.29, 0.717) is 5.02 Å². The van der Waals surface area contributed by atoms with Crippen molar-refractivity contribution < 1.29 is 4.79 Å². The number of nitrogens with zero attached hydrogens (tertiary/aromatic N) is 1. The van der Waals surface area contributed by atoms with Gasteiger partial charge >= 0.3 is 0 Å². The number of hydrogen-bond donors (Lipinski definition) is 1. The van der Waals surface area contributed by atoms with E-state index in [2.05, 4.69) is 4.98 Å². The quantitative estimate of drug-likeness (QED) is 0.803. The van der Waals surface area contributed by atoms with E-state index >= 15 is 0 Å². The standard InChI is InChI=1S/C15H11ClN2OS/c16-11-7-10(6-5-9(11)8-14(17)19)15-18-12-3-1-2-4-13(12)20-15/h1-7H,8H2,(H2,17,19). The Hall–Kier alpha value is -1.91. The number of rotatable bonds is 3. The summed E-state index contributed by atoms with van der Waals surface area (Å²) in [6.07, 6.45) is 0.152. The molecule has 3 aromatic rings. The lowest BCUT2D eigenvalue weighted by Gasteiger charge is -2.03. The molecule has 2 N–H and O–H groups in total. The van der Waals surface area contributed by atoms with E-state index in [1.54, 1.807) is 11.3 Å². The predicted octanol–water partition coefficient (Wildman–Crippen LogP) is 3.64. The van der Waals surface area contributed by atoms with Crippen molar-refractivity contribution in [3.8, 4) is 10.6 Å². The Morgan fingerprint density at radius 2 is 2.05 bits per heavy atom. The average Bonchev–Trinajstić information content (AvgIpc) is 2.84. The van der Waals surface area contributed by atoms with Crippen LogP contribution in [0.5, 0.6) is 0 Å². The number of carbonyl (C=O) groups is 1. The van der Waals surface area contributed by atoms with E-state index in [-0.39, 0.29) is 12.3 Å². The highest BCUT2D eigenvalue weighted by Crippen LogP contribution is 2.32. The molecule has 0 aliphatic rings. The van der Waals surface area contributed by atoms with Gasteiger partial charge in [-0.2, -0.15) is 0 Å². The maximum atomic E-state index is 10.9.